The van der Waals surface area contributed by atoms with Crippen molar-refractivity contribution in [1.82, 2.24) is 4.98 Å². The first-order chi connectivity index (χ1) is 8.08. The Morgan fingerprint density at radius 1 is 1.35 bits per heavy atom. The third kappa shape index (κ3) is 3.89. The minimum Gasteiger partial charge on any atom is -0.397 e. The summed E-state index contributed by atoms with van der Waals surface area (Å²) in [6.45, 7) is 6.60. The molecule has 0 spiro atoms. The monoisotopic (exact) mass is 237 g/mol. The fourth-order valence-electron chi connectivity index (χ4n) is 1.88. The van der Waals surface area contributed by atoms with Gasteiger partial charge < -0.3 is 16.2 Å². The molecule has 0 aliphatic heterocycles. The highest BCUT2D eigenvalue weighted by Crippen LogP contribution is 2.15. The van der Waals surface area contributed by atoms with Crippen molar-refractivity contribution in [2.24, 2.45) is 5.92 Å². The van der Waals surface area contributed by atoms with Gasteiger partial charge in [0.2, 0.25) is 0 Å². The fraction of sp³-hybridized carbons (Fsp3) is 0.615. The lowest BCUT2D eigenvalue weighted by Gasteiger charge is -2.20. The van der Waals surface area contributed by atoms with Crippen LogP contribution in [0.3, 0.4) is 0 Å². The second-order valence-electron chi connectivity index (χ2n) is 4.40. The van der Waals surface area contributed by atoms with E-state index in [9.17, 15) is 5.11 Å². The minimum atomic E-state index is -0.329. The van der Waals surface area contributed by atoms with Gasteiger partial charge in [0.1, 0.15) is 5.82 Å². The molecule has 0 aromatic carbocycles. The number of nitrogens with one attached hydrogen (secondary N) is 1. The summed E-state index contributed by atoms with van der Waals surface area (Å²) in [5, 5.41) is 13.1. The summed E-state index contributed by atoms with van der Waals surface area (Å²) in [5.41, 5.74) is 7.20. The summed E-state index contributed by atoms with van der Waals surface area (Å²) in [5.74, 6) is 1.11. The Kier molecular flexibility index (Phi) is 5.22. The van der Waals surface area contributed by atoms with Gasteiger partial charge in [-0.25, -0.2) is 4.98 Å². The lowest BCUT2D eigenvalue weighted by atomic mass is 9.96. The number of nitrogens with two attached hydrogens (primary N) is 1. The first-order valence-corrected chi connectivity index (χ1v) is 6.23. The highest BCUT2D eigenvalue weighted by molar-refractivity contribution is 5.49. The van der Waals surface area contributed by atoms with Gasteiger partial charge in [-0.1, -0.05) is 26.7 Å². The van der Waals surface area contributed by atoms with Crippen molar-refractivity contribution in [2.75, 3.05) is 17.6 Å². The standard InChI is InChI=1S/C13H23N3O/c1-4-10(5-2)12(17)8-15-13-7-6-11(14)9(3)16-13/h6-7,10,12,17H,4-5,8,14H2,1-3H3,(H,15,16). The van der Waals surface area contributed by atoms with Crippen LogP contribution in [0.1, 0.15) is 32.4 Å². The molecule has 0 saturated heterocycles. The van der Waals surface area contributed by atoms with Gasteiger partial charge in [-0.2, -0.15) is 0 Å². The number of hydrogen-bond acceptors (Lipinski definition) is 4. The molecule has 1 atom stereocenters. The number of rotatable bonds is 6. The molecule has 1 unspecified atom stereocenters. The van der Waals surface area contributed by atoms with Gasteiger partial charge in [-0.3, -0.25) is 0 Å². The van der Waals surface area contributed by atoms with Crippen LogP contribution in [0.2, 0.25) is 0 Å². The summed E-state index contributed by atoms with van der Waals surface area (Å²) >= 11 is 0. The zero-order chi connectivity index (χ0) is 12.8. The third-order valence-corrected chi connectivity index (χ3v) is 3.21. The van der Waals surface area contributed by atoms with Gasteiger partial charge in [-0.15, -0.1) is 0 Å². The van der Waals surface area contributed by atoms with Crippen LogP contribution >= 0.6 is 0 Å². The largest absolute Gasteiger partial charge is 0.397 e. The minimum absolute atomic E-state index is 0.329. The maximum Gasteiger partial charge on any atom is 0.126 e. The van der Waals surface area contributed by atoms with E-state index < -0.39 is 0 Å². The Labute approximate surface area is 103 Å². The Morgan fingerprint density at radius 3 is 2.53 bits per heavy atom. The number of nitrogen functional groups attached to an aromatic ring is 1. The quantitative estimate of drug-likeness (QED) is 0.709. The normalized spacial score (nSPS) is 12.8. The van der Waals surface area contributed by atoms with Crippen LogP contribution in [0.15, 0.2) is 12.1 Å². The average Bonchev–Trinajstić information content (AvgIpc) is 2.32. The molecule has 4 N–H and O–H groups in total. The Morgan fingerprint density at radius 2 is 2.00 bits per heavy atom. The molecule has 0 aliphatic rings. The van der Waals surface area contributed by atoms with Gasteiger partial charge in [0, 0.05) is 6.54 Å². The Balaban J connectivity index is 2.52. The van der Waals surface area contributed by atoms with Crippen LogP contribution in [0, 0.1) is 12.8 Å². The Bertz CT molecular complexity index is 351. The summed E-state index contributed by atoms with van der Waals surface area (Å²) < 4.78 is 0. The highest BCUT2D eigenvalue weighted by atomic mass is 16.3. The number of nitrogens with zero attached hydrogens (tertiary/aromatic N) is 1. The van der Waals surface area contributed by atoms with E-state index in [-0.39, 0.29) is 6.10 Å². The number of anilines is 2. The molecule has 1 aromatic rings. The van der Waals surface area contributed by atoms with E-state index in [1.54, 1.807) is 0 Å². The lowest BCUT2D eigenvalue weighted by Crippen LogP contribution is -2.28. The number of aliphatic hydroxyl groups excluding tert-OH is 1. The van der Waals surface area contributed by atoms with Crippen molar-refractivity contribution in [1.29, 1.82) is 0 Å². The van der Waals surface area contributed by atoms with Crippen LogP contribution < -0.4 is 11.1 Å². The molecule has 4 nitrogen and oxygen atoms in total. The summed E-state index contributed by atoms with van der Waals surface area (Å²) in [6, 6.07) is 3.66. The van der Waals surface area contributed by atoms with E-state index in [4.69, 9.17) is 5.73 Å². The van der Waals surface area contributed by atoms with Gasteiger partial charge in [0.15, 0.2) is 0 Å². The van der Waals surface area contributed by atoms with Gasteiger partial charge in [-0.05, 0) is 25.0 Å². The average molecular weight is 237 g/mol. The van der Waals surface area contributed by atoms with Crippen molar-refractivity contribution in [3.63, 3.8) is 0 Å². The lowest BCUT2D eigenvalue weighted by molar-refractivity contribution is 0.114. The number of pyridine rings is 1. The van der Waals surface area contributed by atoms with Crippen molar-refractivity contribution in [3.05, 3.63) is 17.8 Å². The summed E-state index contributed by atoms with van der Waals surface area (Å²) in [4.78, 5) is 4.31. The van der Waals surface area contributed by atoms with Gasteiger partial charge >= 0.3 is 0 Å². The molecule has 0 amide bonds. The molecule has 0 saturated carbocycles. The maximum absolute atomic E-state index is 9.98. The molecule has 4 heteroatoms. The number of hydrogen-bond donors (Lipinski definition) is 3. The van der Waals surface area contributed by atoms with Gasteiger partial charge in [0.25, 0.3) is 0 Å². The predicted octanol–water partition coefficient (Wildman–Crippen LogP) is 2.18. The first-order valence-electron chi connectivity index (χ1n) is 6.23. The summed E-state index contributed by atoms with van der Waals surface area (Å²) in [6.07, 6.45) is 1.66. The number of aliphatic hydroxyl groups is 1. The molecule has 0 radical (unpaired) electrons. The number of aryl methyl sites for hydroxylation is 1. The molecule has 0 aliphatic carbocycles. The van der Waals surface area contributed by atoms with E-state index >= 15 is 0 Å². The van der Waals surface area contributed by atoms with E-state index in [0.29, 0.717) is 18.2 Å². The van der Waals surface area contributed by atoms with Crippen molar-refractivity contribution >= 4 is 11.5 Å². The van der Waals surface area contributed by atoms with Crippen molar-refractivity contribution in [3.8, 4) is 0 Å². The van der Waals surface area contributed by atoms with Crippen LogP contribution in [0.25, 0.3) is 0 Å². The van der Waals surface area contributed by atoms with Crippen molar-refractivity contribution in [2.45, 2.75) is 39.7 Å². The van der Waals surface area contributed by atoms with E-state index in [1.165, 1.54) is 0 Å². The van der Waals surface area contributed by atoms with E-state index in [1.807, 2.05) is 19.1 Å². The van der Waals surface area contributed by atoms with E-state index in [0.717, 1.165) is 24.4 Å². The molecule has 1 heterocycles. The zero-order valence-electron chi connectivity index (χ0n) is 10.9. The molecular formula is C13H23N3O. The second kappa shape index (κ2) is 6.45. The third-order valence-electron chi connectivity index (χ3n) is 3.21. The first kappa shape index (κ1) is 13.8. The fourth-order valence-corrected chi connectivity index (χ4v) is 1.88. The second-order valence-corrected chi connectivity index (χ2v) is 4.40. The van der Waals surface area contributed by atoms with Crippen LogP contribution in [0.5, 0.6) is 0 Å². The zero-order valence-corrected chi connectivity index (χ0v) is 10.9. The molecule has 17 heavy (non-hydrogen) atoms. The predicted molar refractivity (Wildman–Crippen MR) is 72.0 cm³/mol. The van der Waals surface area contributed by atoms with Crippen molar-refractivity contribution < 1.29 is 5.11 Å². The SMILES string of the molecule is CCC(CC)C(O)CNc1ccc(N)c(C)n1. The molecule has 1 aromatic heterocycles. The number of aromatic nitrogens is 1. The smallest absolute Gasteiger partial charge is 0.126 e. The molecule has 96 valence electrons. The van der Waals surface area contributed by atoms with Gasteiger partial charge in [0.05, 0.1) is 17.5 Å². The van der Waals surface area contributed by atoms with Crippen LogP contribution in [-0.2, 0) is 0 Å². The van der Waals surface area contributed by atoms with Crippen LogP contribution in [-0.4, -0.2) is 22.7 Å². The Hall–Kier alpha value is -1.29. The topological polar surface area (TPSA) is 71.2 Å². The maximum atomic E-state index is 9.98. The highest BCUT2D eigenvalue weighted by Gasteiger charge is 2.15. The van der Waals surface area contributed by atoms with E-state index in [2.05, 4.69) is 24.1 Å². The molecule has 0 fully saturated rings. The molecular weight excluding hydrogens is 214 g/mol. The molecule has 0 bridgehead atoms. The van der Waals surface area contributed by atoms with Crippen LogP contribution in [0.4, 0.5) is 11.5 Å². The molecule has 1 rings (SSSR count). The summed E-state index contributed by atoms with van der Waals surface area (Å²) in [7, 11) is 0.